The van der Waals surface area contributed by atoms with Gasteiger partial charge in [-0.25, -0.2) is 4.98 Å². The van der Waals surface area contributed by atoms with Crippen molar-refractivity contribution in [2.75, 3.05) is 13.1 Å². The molecule has 0 radical (unpaired) electrons. The summed E-state index contributed by atoms with van der Waals surface area (Å²) in [6.45, 7) is 2.33. The lowest BCUT2D eigenvalue weighted by Gasteiger charge is -2.35. The summed E-state index contributed by atoms with van der Waals surface area (Å²) in [5, 5.41) is 3.48. The maximum absolute atomic E-state index is 12.1. The van der Waals surface area contributed by atoms with Gasteiger partial charge in [0, 0.05) is 30.4 Å². The van der Waals surface area contributed by atoms with E-state index in [0.29, 0.717) is 22.8 Å². The average molecular weight is 280 g/mol. The molecule has 1 N–H and O–H groups in total. The van der Waals surface area contributed by atoms with Crippen LogP contribution in [-0.4, -0.2) is 41.0 Å². The van der Waals surface area contributed by atoms with Crippen LogP contribution < -0.4 is 5.32 Å². The maximum atomic E-state index is 12.1. The highest BCUT2D eigenvalue weighted by molar-refractivity contribution is 6.29. The van der Waals surface area contributed by atoms with E-state index in [-0.39, 0.29) is 5.91 Å². The summed E-state index contributed by atoms with van der Waals surface area (Å²) in [7, 11) is 0. The van der Waals surface area contributed by atoms with E-state index in [9.17, 15) is 4.79 Å². The van der Waals surface area contributed by atoms with E-state index in [1.54, 1.807) is 18.3 Å². The van der Waals surface area contributed by atoms with Crippen molar-refractivity contribution in [2.45, 2.75) is 37.8 Å². The first-order chi connectivity index (χ1) is 9.22. The molecule has 2 saturated heterocycles. The van der Waals surface area contributed by atoms with Crippen LogP contribution in [-0.2, 0) is 0 Å². The number of carbonyl (C=O) groups is 1. The lowest BCUT2D eigenvalue weighted by Crippen LogP contribution is -2.47. The standard InChI is InChI=1S/C14H18ClN3O/c15-13-8-10(3-5-16-13)14(19)17-11-4-7-18-6-1-2-12(18)9-11/h3,5,8,11-12H,1-2,4,6-7,9H2,(H,17,19). The topological polar surface area (TPSA) is 45.2 Å². The van der Waals surface area contributed by atoms with Crippen molar-refractivity contribution < 1.29 is 4.79 Å². The molecule has 2 aliphatic rings. The van der Waals surface area contributed by atoms with E-state index in [4.69, 9.17) is 11.6 Å². The summed E-state index contributed by atoms with van der Waals surface area (Å²) in [6.07, 6.45) is 6.25. The van der Waals surface area contributed by atoms with Crippen LogP contribution in [0.4, 0.5) is 0 Å². The second-order valence-corrected chi connectivity index (χ2v) is 5.78. The number of nitrogens with zero attached hydrogens (tertiary/aromatic N) is 2. The minimum absolute atomic E-state index is 0.0410. The summed E-state index contributed by atoms with van der Waals surface area (Å²) in [6, 6.07) is 4.27. The van der Waals surface area contributed by atoms with Gasteiger partial charge in [-0.2, -0.15) is 0 Å². The molecule has 0 saturated carbocycles. The number of pyridine rings is 1. The molecular formula is C14H18ClN3O. The SMILES string of the molecule is O=C(NC1CCN2CCCC2C1)c1ccnc(Cl)c1. The number of nitrogens with one attached hydrogen (secondary N) is 1. The fraction of sp³-hybridized carbons (Fsp3) is 0.571. The average Bonchev–Trinajstić information content (AvgIpc) is 2.86. The molecule has 1 amide bonds. The van der Waals surface area contributed by atoms with Gasteiger partial charge in [0.05, 0.1) is 0 Å². The van der Waals surface area contributed by atoms with Gasteiger partial charge in [-0.15, -0.1) is 0 Å². The monoisotopic (exact) mass is 279 g/mol. The Bertz CT molecular complexity index is 480. The number of fused-ring (bicyclic) bond motifs is 1. The Morgan fingerprint density at radius 1 is 1.42 bits per heavy atom. The number of rotatable bonds is 2. The quantitative estimate of drug-likeness (QED) is 0.843. The number of aromatic nitrogens is 1. The largest absolute Gasteiger partial charge is 0.349 e. The highest BCUT2D eigenvalue weighted by Crippen LogP contribution is 2.26. The first-order valence-corrected chi connectivity index (χ1v) is 7.26. The maximum Gasteiger partial charge on any atom is 0.251 e. The number of halogens is 1. The molecule has 0 aliphatic carbocycles. The summed E-state index contributed by atoms with van der Waals surface area (Å²) in [4.78, 5) is 18.6. The number of amides is 1. The highest BCUT2D eigenvalue weighted by atomic mass is 35.5. The molecular weight excluding hydrogens is 262 g/mol. The van der Waals surface area contributed by atoms with Crippen LogP contribution in [0.15, 0.2) is 18.3 Å². The molecule has 2 unspecified atom stereocenters. The Morgan fingerprint density at radius 2 is 2.32 bits per heavy atom. The van der Waals surface area contributed by atoms with Crippen molar-refractivity contribution >= 4 is 17.5 Å². The lowest BCUT2D eigenvalue weighted by atomic mass is 9.97. The number of hydrogen-bond donors (Lipinski definition) is 1. The van der Waals surface area contributed by atoms with E-state index in [2.05, 4.69) is 15.2 Å². The van der Waals surface area contributed by atoms with Crippen LogP contribution in [0.5, 0.6) is 0 Å². The zero-order valence-electron chi connectivity index (χ0n) is 10.8. The number of carbonyl (C=O) groups excluding carboxylic acids is 1. The van der Waals surface area contributed by atoms with E-state index in [1.165, 1.54) is 19.4 Å². The Labute approximate surface area is 118 Å². The molecule has 3 rings (SSSR count). The summed E-state index contributed by atoms with van der Waals surface area (Å²) in [5.41, 5.74) is 0.592. The summed E-state index contributed by atoms with van der Waals surface area (Å²) >= 11 is 5.81. The van der Waals surface area contributed by atoms with E-state index >= 15 is 0 Å². The molecule has 1 aromatic rings. The first-order valence-electron chi connectivity index (χ1n) is 6.89. The van der Waals surface area contributed by atoms with Crippen molar-refractivity contribution in [3.05, 3.63) is 29.0 Å². The van der Waals surface area contributed by atoms with Gasteiger partial charge >= 0.3 is 0 Å². The third-order valence-corrected chi connectivity index (χ3v) is 4.35. The zero-order chi connectivity index (χ0) is 13.2. The van der Waals surface area contributed by atoms with Crippen LogP contribution in [0.3, 0.4) is 0 Å². The van der Waals surface area contributed by atoms with Gasteiger partial charge in [0.1, 0.15) is 5.15 Å². The van der Waals surface area contributed by atoms with Gasteiger partial charge in [-0.05, 0) is 44.4 Å². The molecule has 3 heterocycles. The predicted molar refractivity (Wildman–Crippen MR) is 74.3 cm³/mol. The van der Waals surface area contributed by atoms with Gasteiger partial charge in [-0.3, -0.25) is 4.79 Å². The van der Waals surface area contributed by atoms with Crippen LogP contribution in [0.1, 0.15) is 36.0 Å². The number of piperidine rings is 1. The van der Waals surface area contributed by atoms with Crippen LogP contribution >= 0.6 is 11.6 Å². The van der Waals surface area contributed by atoms with Crippen molar-refractivity contribution in [1.29, 1.82) is 0 Å². The van der Waals surface area contributed by atoms with Gasteiger partial charge in [0.25, 0.3) is 5.91 Å². The molecule has 2 atom stereocenters. The fourth-order valence-corrected chi connectivity index (χ4v) is 3.34. The van der Waals surface area contributed by atoms with E-state index < -0.39 is 0 Å². The molecule has 102 valence electrons. The third kappa shape index (κ3) is 2.90. The van der Waals surface area contributed by atoms with Crippen LogP contribution in [0.2, 0.25) is 5.15 Å². The Morgan fingerprint density at radius 3 is 3.16 bits per heavy atom. The summed E-state index contributed by atoms with van der Waals surface area (Å²) in [5.74, 6) is -0.0410. The molecule has 4 nitrogen and oxygen atoms in total. The zero-order valence-corrected chi connectivity index (χ0v) is 11.6. The normalized spacial score (nSPS) is 27.0. The van der Waals surface area contributed by atoms with Gasteiger partial charge in [-0.1, -0.05) is 11.6 Å². The second-order valence-electron chi connectivity index (χ2n) is 5.39. The minimum atomic E-state index is -0.0410. The molecule has 0 bridgehead atoms. The van der Waals surface area contributed by atoms with Gasteiger partial charge in [0.15, 0.2) is 0 Å². The molecule has 1 aromatic heterocycles. The molecule has 0 aromatic carbocycles. The fourth-order valence-electron chi connectivity index (χ4n) is 3.17. The van der Waals surface area contributed by atoms with Crippen molar-refractivity contribution in [3.63, 3.8) is 0 Å². The second kappa shape index (κ2) is 5.47. The Kier molecular flexibility index (Phi) is 3.71. The predicted octanol–water partition coefficient (Wildman–Crippen LogP) is 2.09. The van der Waals surface area contributed by atoms with E-state index in [1.807, 2.05) is 0 Å². The molecule has 0 spiro atoms. The number of hydrogen-bond acceptors (Lipinski definition) is 3. The van der Waals surface area contributed by atoms with Crippen LogP contribution in [0, 0.1) is 0 Å². The molecule has 5 heteroatoms. The Balaban J connectivity index is 1.61. The lowest BCUT2D eigenvalue weighted by molar-refractivity contribution is 0.0896. The highest BCUT2D eigenvalue weighted by Gasteiger charge is 2.32. The Hall–Kier alpha value is -1.13. The first kappa shape index (κ1) is 12.9. The minimum Gasteiger partial charge on any atom is -0.349 e. The molecule has 2 aliphatic heterocycles. The van der Waals surface area contributed by atoms with Crippen molar-refractivity contribution in [1.82, 2.24) is 15.2 Å². The smallest absolute Gasteiger partial charge is 0.251 e. The molecule has 2 fully saturated rings. The van der Waals surface area contributed by atoms with Gasteiger partial charge in [0.2, 0.25) is 0 Å². The van der Waals surface area contributed by atoms with Crippen molar-refractivity contribution in [2.24, 2.45) is 0 Å². The van der Waals surface area contributed by atoms with E-state index in [0.717, 1.165) is 19.4 Å². The van der Waals surface area contributed by atoms with Crippen LogP contribution in [0.25, 0.3) is 0 Å². The summed E-state index contributed by atoms with van der Waals surface area (Å²) < 4.78 is 0. The van der Waals surface area contributed by atoms with Gasteiger partial charge < -0.3 is 10.2 Å². The third-order valence-electron chi connectivity index (χ3n) is 4.14. The molecule has 19 heavy (non-hydrogen) atoms. The van der Waals surface area contributed by atoms with Crippen molar-refractivity contribution in [3.8, 4) is 0 Å².